The third-order valence-electron chi connectivity index (χ3n) is 3.03. The maximum atomic E-state index is 13.8. The smallest absolute Gasteiger partial charge is 0.128 e. The van der Waals surface area contributed by atoms with Crippen LogP contribution in [-0.2, 0) is 0 Å². The zero-order chi connectivity index (χ0) is 12.8. The summed E-state index contributed by atoms with van der Waals surface area (Å²) in [4.78, 5) is 1.90. The van der Waals surface area contributed by atoms with Crippen molar-refractivity contribution in [1.82, 2.24) is 4.90 Å². The molecule has 0 aromatic heterocycles. The average Bonchev–Trinajstić information content (AvgIpc) is 2.32. The molecule has 0 aliphatic heterocycles. The summed E-state index contributed by atoms with van der Waals surface area (Å²) in [6.45, 7) is 2.50. The molecular formula is C13H21FN2O. The zero-order valence-electron chi connectivity index (χ0n) is 10.4. The third-order valence-corrected chi connectivity index (χ3v) is 3.03. The molecule has 0 saturated heterocycles. The van der Waals surface area contributed by atoms with Gasteiger partial charge in [-0.25, -0.2) is 4.39 Å². The van der Waals surface area contributed by atoms with Gasteiger partial charge in [0.1, 0.15) is 5.82 Å². The molecule has 0 fully saturated rings. The van der Waals surface area contributed by atoms with E-state index in [2.05, 4.69) is 0 Å². The van der Waals surface area contributed by atoms with Gasteiger partial charge in [-0.3, -0.25) is 4.90 Å². The Labute approximate surface area is 102 Å². The number of benzene rings is 1. The molecule has 0 spiro atoms. The Bertz CT molecular complexity index is 346. The van der Waals surface area contributed by atoms with Crippen LogP contribution in [0.1, 0.15) is 24.9 Å². The summed E-state index contributed by atoms with van der Waals surface area (Å²) in [5, 5.41) is 8.98. The van der Waals surface area contributed by atoms with E-state index < -0.39 is 0 Å². The van der Waals surface area contributed by atoms with Gasteiger partial charge in [-0.15, -0.1) is 0 Å². The van der Waals surface area contributed by atoms with Gasteiger partial charge in [-0.2, -0.15) is 0 Å². The summed E-state index contributed by atoms with van der Waals surface area (Å²) >= 11 is 0. The number of hydrogen-bond acceptors (Lipinski definition) is 3. The second-order valence-electron chi connectivity index (χ2n) is 4.24. The van der Waals surface area contributed by atoms with Crippen molar-refractivity contribution < 1.29 is 9.50 Å². The van der Waals surface area contributed by atoms with Crippen LogP contribution in [0.15, 0.2) is 24.3 Å². The molecular weight excluding hydrogens is 219 g/mol. The molecule has 2 atom stereocenters. The topological polar surface area (TPSA) is 49.5 Å². The molecule has 1 aromatic rings. The molecule has 0 heterocycles. The first-order valence-corrected chi connectivity index (χ1v) is 5.92. The summed E-state index contributed by atoms with van der Waals surface area (Å²) in [7, 11) is 1.85. The van der Waals surface area contributed by atoms with Gasteiger partial charge >= 0.3 is 0 Å². The van der Waals surface area contributed by atoms with Gasteiger partial charge in [0.15, 0.2) is 0 Å². The Morgan fingerprint density at radius 1 is 1.41 bits per heavy atom. The molecule has 17 heavy (non-hydrogen) atoms. The van der Waals surface area contributed by atoms with Gasteiger partial charge in [0, 0.05) is 18.2 Å². The number of likely N-dealkylation sites (N-methyl/N-ethyl adjacent to an activating group) is 1. The predicted molar refractivity (Wildman–Crippen MR) is 67.1 cm³/mol. The van der Waals surface area contributed by atoms with Crippen LogP contribution in [0.4, 0.5) is 4.39 Å². The van der Waals surface area contributed by atoms with Crippen molar-refractivity contribution in [2.24, 2.45) is 5.73 Å². The molecule has 0 radical (unpaired) electrons. The van der Waals surface area contributed by atoms with Crippen molar-refractivity contribution in [3.8, 4) is 0 Å². The molecule has 2 unspecified atom stereocenters. The molecule has 0 amide bonds. The molecule has 3 nitrogen and oxygen atoms in total. The lowest BCUT2D eigenvalue weighted by molar-refractivity contribution is 0.159. The first-order chi connectivity index (χ1) is 8.11. The van der Waals surface area contributed by atoms with E-state index in [0.29, 0.717) is 12.1 Å². The van der Waals surface area contributed by atoms with Crippen molar-refractivity contribution in [3.63, 3.8) is 0 Å². The van der Waals surface area contributed by atoms with Crippen molar-refractivity contribution in [1.29, 1.82) is 0 Å². The minimum absolute atomic E-state index is 0.0396. The van der Waals surface area contributed by atoms with Crippen LogP contribution in [0.2, 0.25) is 0 Å². The van der Waals surface area contributed by atoms with Crippen molar-refractivity contribution in [2.45, 2.75) is 25.4 Å². The van der Waals surface area contributed by atoms with Crippen LogP contribution in [0.25, 0.3) is 0 Å². The highest BCUT2D eigenvalue weighted by atomic mass is 19.1. The van der Waals surface area contributed by atoms with Crippen LogP contribution in [-0.4, -0.2) is 36.2 Å². The monoisotopic (exact) mass is 240 g/mol. The second kappa shape index (κ2) is 6.69. The molecule has 0 saturated carbocycles. The lowest BCUT2D eigenvalue weighted by Crippen LogP contribution is -2.40. The maximum absolute atomic E-state index is 13.8. The van der Waals surface area contributed by atoms with E-state index in [-0.39, 0.29) is 24.5 Å². The average molecular weight is 240 g/mol. The third kappa shape index (κ3) is 3.49. The minimum Gasteiger partial charge on any atom is -0.395 e. The van der Waals surface area contributed by atoms with Crippen LogP contribution in [0.5, 0.6) is 0 Å². The zero-order valence-corrected chi connectivity index (χ0v) is 10.4. The normalized spacial score (nSPS) is 14.9. The van der Waals surface area contributed by atoms with Crippen molar-refractivity contribution in [2.75, 3.05) is 20.2 Å². The molecule has 0 aliphatic rings. The van der Waals surface area contributed by atoms with E-state index in [1.807, 2.05) is 18.9 Å². The maximum Gasteiger partial charge on any atom is 0.128 e. The van der Waals surface area contributed by atoms with Crippen LogP contribution in [0.3, 0.4) is 0 Å². The Morgan fingerprint density at radius 3 is 2.59 bits per heavy atom. The summed E-state index contributed by atoms with van der Waals surface area (Å²) in [5.41, 5.74) is 6.65. The quantitative estimate of drug-likeness (QED) is 0.792. The number of nitrogens with two attached hydrogens (primary N) is 1. The van der Waals surface area contributed by atoms with Crippen LogP contribution < -0.4 is 5.73 Å². The van der Waals surface area contributed by atoms with Crippen molar-refractivity contribution >= 4 is 0 Å². The number of nitrogens with zero attached hydrogens (tertiary/aromatic N) is 1. The fraction of sp³-hybridized carbons (Fsp3) is 0.538. The Hall–Kier alpha value is -0.970. The van der Waals surface area contributed by atoms with Gasteiger partial charge < -0.3 is 10.8 Å². The van der Waals surface area contributed by atoms with Crippen LogP contribution in [0, 0.1) is 5.82 Å². The highest BCUT2D eigenvalue weighted by Crippen LogP contribution is 2.25. The molecule has 96 valence electrons. The van der Waals surface area contributed by atoms with Crippen molar-refractivity contribution in [3.05, 3.63) is 35.6 Å². The largest absolute Gasteiger partial charge is 0.395 e. The van der Waals surface area contributed by atoms with E-state index in [1.165, 1.54) is 6.07 Å². The number of rotatable bonds is 6. The van der Waals surface area contributed by atoms with Gasteiger partial charge in [-0.05, 0) is 19.5 Å². The van der Waals surface area contributed by atoms with E-state index in [9.17, 15) is 4.39 Å². The molecule has 1 rings (SSSR count). The Kier molecular flexibility index (Phi) is 5.55. The Morgan fingerprint density at radius 2 is 2.06 bits per heavy atom. The lowest BCUT2D eigenvalue weighted by Gasteiger charge is -2.32. The molecule has 1 aromatic carbocycles. The van der Waals surface area contributed by atoms with Crippen LogP contribution >= 0.6 is 0 Å². The number of hydrogen-bond donors (Lipinski definition) is 2. The minimum atomic E-state index is -0.244. The first kappa shape index (κ1) is 14.1. The predicted octanol–water partition coefficient (Wildman–Crippen LogP) is 1.53. The molecule has 0 aliphatic carbocycles. The standard InChI is InChI=1S/C13H21FN2O/c1-3-12(15)13(16(2)8-9-17)10-6-4-5-7-11(10)14/h4-7,12-13,17H,3,8-9,15H2,1-2H3. The van der Waals surface area contributed by atoms with E-state index in [4.69, 9.17) is 10.8 Å². The van der Waals surface area contributed by atoms with Gasteiger partial charge in [0.25, 0.3) is 0 Å². The Balaban J connectivity index is 3.02. The summed E-state index contributed by atoms with van der Waals surface area (Å²) in [6, 6.07) is 6.32. The number of aliphatic hydroxyl groups is 1. The summed E-state index contributed by atoms with van der Waals surface area (Å²) < 4.78 is 13.8. The number of aliphatic hydroxyl groups excluding tert-OH is 1. The number of halogens is 1. The highest BCUT2D eigenvalue weighted by Gasteiger charge is 2.25. The van der Waals surface area contributed by atoms with Gasteiger partial charge in [0.05, 0.1) is 12.6 Å². The molecule has 0 bridgehead atoms. The molecule has 4 heteroatoms. The molecule has 3 N–H and O–H groups in total. The van der Waals surface area contributed by atoms with Gasteiger partial charge in [0.2, 0.25) is 0 Å². The summed E-state index contributed by atoms with van der Waals surface area (Å²) in [5.74, 6) is -0.244. The fourth-order valence-corrected chi connectivity index (χ4v) is 2.03. The lowest BCUT2D eigenvalue weighted by atomic mass is 9.96. The van der Waals surface area contributed by atoms with E-state index in [0.717, 1.165) is 6.42 Å². The fourth-order valence-electron chi connectivity index (χ4n) is 2.03. The SMILES string of the molecule is CCC(N)C(c1ccccc1F)N(C)CCO. The first-order valence-electron chi connectivity index (χ1n) is 5.92. The summed E-state index contributed by atoms with van der Waals surface area (Å²) in [6.07, 6.45) is 0.759. The van der Waals surface area contributed by atoms with Gasteiger partial charge in [-0.1, -0.05) is 25.1 Å². The van der Waals surface area contributed by atoms with E-state index >= 15 is 0 Å². The highest BCUT2D eigenvalue weighted by molar-refractivity contribution is 5.22. The van der Waals surface area contributed by atoms with E-state index in [1.54, 1.807) is 18.2 Å². The second-order valence-corrected chi connectivity index (χ2v) is 4.24.